The summed E-state index contributed by atoms with van der Waals surface area (Å²) in [6, 6.07) is 10.7. The second-order valence-electron chi connectivity index (χ2n) is 5.63. The van der Waals surface area contributed by atoms with Crippen molar-refractivity contribution >= 4 is 22.7 Å². The van der Waals surface area contributed by atoms with E-state index in [1.165, 1.54) is 0 Å². The highest BCUT2D eigenvalue weighted by atomic mass is 35.5. The molecule has 8 heteroatoms. The Morgan fingerprint density at radius 2 is 1.57 bits per heavy atom. The Labute approximate surface area is 167 Å². The summed E-state index contributed by atoms with van der Waals surface area (Å²) in [4.78, 5) is 4.36. The topological polar surface area (TPSA) is 75.8 Å². The second-order valence-corrected chi connectivity index (χ2v) is 6.03. The number of hydrogen-bond donors (Lipinski definition) is 0. The van der Waals surface area contributed by atoms with Crippen LogP contribution in [0.5, 0.6) is 23.0 Å². The summed E-state index contributed by atoms with van der Waals surface area (Å²) in [5.74, 6) is 3.03. The van der Waals surface area contributed by atoms with E-state index in [-0.39, 0.29) is 10.9 Å². The van der Waals surface area contributed by atoms with Crippen molar-refractivity contribution < 1.29 is 23.5 Å². The highest BCUT2D eigenvalue weighted by Gasteiger charge is 2.16. The molecule has 0 saturated heterocycles. The summed E-state index contributed by atoms with van der Waals surface area (Å²) in [6.07, 6.45) is 1.69. The quantitative estimate of drug-likeness (QED) is 0.575. The molecular formula is C20H19ClN2O5. The number of aromatic nitrogens is 2. The van der Waals surface area contributed by atoms with Crippen LogP contribution >= 0.6 is 11.6 Å². The van der Waals surface area contributed by atoms with Crippen LogP contribution in [-0.4, -0.2) is 38.6 Å². The normalized spacial score (nSPS) is 11.2. The van der Waals surface area contributed by atoms with Gasteiger partial charge in [0, 0.05) is 12.1 Å². The first-order chi connectivity index (χ1) is 13.6. The summed E-state index contributed by atoms with van der Waals surface area (Å²) >= 11 is 6.39. The van der Waals surface area contributed by atoms with E-state index in [4.69, 9.17) is 35.1 Å². The molecule has 0 aliphatic carbocycles. The van der Waals surface area contributed by atoms with Gasteiger partial charge >= 0.3 is 0 Å². The molecule has 0 aliphatic rings. The molecule has 0 spiro atoms. The van der Waals surface area contributed by atoms with E-state index in [0.29, 0.717) is 34.4 Å². The van der Waals surface area contributed by atoms with Crippen molar-refractivity contribution in [1.29, 1.82) is 0 Å². The first-order valence-electron chi connectivity index (χ1n) is 8.24. The van der Waals surface area contributed by atoms with Crippen molar-refractivity contribution in [3.63, 3.8) is 0 Å². The average Bonchev–Trinajstić information content (AvgIpc) is 3.23. The Balaban J connectivity index is 1.93. The Hall–Kier alpha value is -3.19. The molecule has 0 amide bonds. The minimum absolute atomic E-state index is 0.177. The fraction of sp³-hybridized carbons (Fsp3) is 0.200. The highest BCUT2D eigenvalue weighted by Crippen LogP contribution is 2.33. The molecule has 0 saturated carbocycles. The second kappa shape index (κ2) is 8.67. The molecular weight excluding hydrogens is 384 g/mol. The summed E-state index contributed by atoms with van der Waals surface area (Å²) in [7, 11) is 6.30. The first kappa shape index (κ1) is 19.6. The molecule has 3 rings (SSSR count). The van der Waals surface area contributed by atoms with Gasteiger partial charge in [-0.3, -0.25) is 0 Å². The zero-order valence-corrected chi connectivity index (χ0v) is 16.6. The average molecular weight is 403 g/mol. The first-order valence-corrected chi connectivity index (χ1v) is 8.62. The van der Waals surface area contributed by atoms with E-state index < -0.39 is 0 Å². The van der Waals surface area contributed by atoms with E-state index in [1.807, 2.05) is 12.1 Å². The number of methoxy groups -OCH3 is 4. The maximum Gasteiger partial charge on any atom is 0.269 e. The molecule has 1 aromatic heterocycles. The van der Waals surface area contributed by atoms with Gasteiger partial charge in [0.2, 0.25) is 5.82 Å². The van der Waals surface area contributed by atoms with Crippen LogP contribution in [0.1, 0.15) is 11.5 Å². The molecule has 0 aliphatic heterocycles. The summed E-state index contributed by atoms with van der Waals surface area (Å²) in [5.41, 5.74) is 1.42. The van der Waals surface area contributed by atoms with Crippen molar-refractivity contribution in [2.24, 2.45) is 0 Å². The fourth-order valence-electron chi connectivity index (χ4n) is 2.53. The van der Waals surface area contributed by atoms with Gasteiger partial charge in [-0.2, -0.15) is 4.98 Å². The van der Waals surface area contributed by atoms with Gasteiger partial charge < -0.3 is 23.5 Å². The number of halogens is 1. The van der Waals surface area contributed by atoms with Gasteiger partial charge in [-0.15, -0.1) is 0 Å². The zero-order valence-electron chi connectivity index (χ0n) is 15.9. The molecule has 2 aromatic carbocycles. The number of benzene rings is 2. The van der Waals surface area contributed by atoms with Gasteiger partial charge in [0.1, 0.15) is 28.0 Å². The molecule has 1 heterocycles. The maximum atomic E-state index is 6.39. The number of hydrogen-bond acceptors (Lipinski definition) is 7. The molecule has 146 valence electrons. The van der Waals surface area contributed by atoms with Gasteiger partial charge in [-0.25, -0.2) is 0 Å². The van der Waals surface area contributed by atoms with E-state index >= 15 is 0 Å². The van der Waals surface area contributed by atoms with Gasteiger partial charge in [0.05, 0.1) is 34.0 Å². The summed E-state index contributed by atoms with van der Waals surface area (Å²) in [6.45, 7) is 0. The minimum atomic E-state index is 0.177. The van der Waals surface area contributed by atoms with E-state index in [1.54, 1.807) is 58.8 Å². The lowest BCUT2D eigenvalue weighted by Crippen LogP contribution is -1.91. The van der Waals surface area contributed by atoms with Gasteiger partial charge in [0.25, 0.3) is 5.89 Å². The van der Waals surface area contributed by atoms with Crippen LogP contribution in [0.4, 0.5) is 0 Å². The monoisotopic (exact) mass is 402 g/mol. The lowest BCUT2D eigenvalue weighted by molar-refractivity contribution is 0.393. The standard InChI is InChI=1S/C20H19ClN2O5/c1-24-13-5-6-16(18(11-13)27-4)19-22-20(28-23-19)17(21)9-12-7-14(25-2)10-15(8-12)26-3/h5-11H,1-4H3/b17-9-. The van der Waals surface area contributed by atoms with E-state index in [2.05, 4.69) is 10.1 Å². The predicted molar refractivity (Wildman–Crippen MR) is 106 cm³/mol. The lowest BCUT2D eigenvalue weighted by atomic mass is 10.1. The predicted octanol–water partition coefficient (Wildman–Crippen LogP) is 4.51. The maximum absolute atomic E-state index is 6.39. The Bertz CT molecular complexity index is 978. The molecule has 0 unspecified atom stereocenters. The molecule has 0 N–H and O–H groups in total. The zero-order chi connectivity index (χ0) is 20.1. The highest BCUT2D eigenvalue weighted by molar-refractivity contribution is 6.50. The van der Waals surface area contributed by atoms with Crippen molar-refractivity contribution in [3.8, 4) is 34.4 Å². The van der Waals surface area contributed by atoms with Gasteiger partial charge in [-0.1, -0.05) is 16.8 Å². The van der Waals surface area contributed by atoms with Crippen molar-refractivity contribution in [3.05, 3.63) is 47.9 Å². The van der Waals surface area contributed by atoms with Crippen LogP contribution in [0.3, 0.4) is 0 Å². The van der Waals surface area contributed by atoms with Crippen molar-refractivity contribution in [1.82, 2.24) is 10.1 Å². The molecule has 3 aromatic rings. The Kier molecular flexibility index (Phi) is 6.06. The molecule has 0 fully saturated rings. The summed E-state index contributed by atoms with van der Waals surface area (Å²) in [5, 5.41) is 4.28. The van der Waals surface area contributed by atoms with Crippen LogP contribution in [0.25, 0.3) is 22.5 Å². The van der Waals surface area contributed by atoms with Crippen LogP contribution in [-0.2, 0) is 0 Å². The van der Waals surface area contributed by atoms with Gasteiger partial charge in [0.15, 0.2) is 0 Å². The summed E-state index contributed by atoms with van der Waals surface area (Å²) < 4.78 is 26.4. The smallest absolute Gasteiger partial charge is 0.269 e. The largest absolute Gasteiger partial charge is 0.497 e. The van der Waals surface area contributed by atoms with Crippen LogP contribution in [0.15, 0.2) is 40.9 Å². The lowest BCUT2D eigenvalue weighted by Gasteiger charge is -2.07. The third-order valence-corrected chi connectivity index (χ3v) is 4.22. The molecule has 0 atom stereocenters. The number of rotatable bonds is 7. The van der Waals surface area contributed by atoms with E-state index in [9.17, 15) is 0 Å². The fourth-order valence-corrected chi connectivity index (χ4v) is 2.74. The van der Waals surface area contributed by atoms with Crippen LogP contribution in [0, 0.1) is 0 Å². The third-order valence-electron chi connectivity index (χ3n) is 3.95. The van der Waals surface area contributed by atoms with Gasteiger partial charge in [-0.05, 0) is 35.9 Å². The van der Waals surface area contributed by atoms with Crippen molar-refractivity contribution in [2.45, 2.75) is 0 Å². The molecule has 0 bridgehead atoms. The number of ether oxygens (including phenoxy) is 4. The number of nitrogens with zero attached hydrogens (tertiary/aromatic N) is 2. The molecule has 0 radical (unpaired) electrons. The minimum Gasteiger partial charge on any atom is -0.497 e. The Morgan fingerprint density at radius 1 is 0.893 bits per heavy atom. The SMILES string of the molecule is COc1cc(/C=C(\Cl)c2nc(-c3ccc(OC)cc3OC)no2)cc(OC)c1. The van der Waals surface area contributed by atoms with E-state index in [0.717, 1.165) is 5.56 Å². The van der Waals surface area contributed by atoms with Crippen LogP contribution in [0.2, 0.25) is 0 Å². The Morgan fingerprint density at radius 3 is 2.18 bits per heavy atom. The molecule has 7 nitrogen and oxygen atoms in total. The van der Waals surface area contributed by atoms with Crippen molar-refractivity contribution in [2.75, 3.05) is 28.4 Å². The molecule has 28 heavy (non-hydrogen) atoms. The third kappa shape index (κ3) is 4.20. The van der Waals surface area contributed by atoms with Crippen LogP contribution < -0.4 is 18.9 Å².